The molecule has 0 radical (unpaired) electrons. The van der Waals surface area contributed by atoms with Gasteiger partial charge in [0.05, 0.1) is 6.54 Å². The number of aromatic amines is 1. The van der Waals surface area contributed by atoms with Crippen molar-refractivity contribution in [3.05, 3.63) is 88.7 Å². The van der Waals surface area contributed by atoms with E-state index in [-0.39, 0.29) is 22.8 Å². The number of ether oxygens (including phenoxy) is 1. The lowest BCUT2D eigenvalue weighted by Gasteiger charge is -2.25. The summed E-state index contributed by atoms with van der Waals surface area (Å²) in [5, 5.41) is 4.87. The van der Waals surface area contributed by atoms with Crippen LogP contribution in [0.2, 0.25) is 0 Å². The standard InChI is InChI=1S/C24H17F3N4O5S2/c1-14-17-4-2-3-5-19(17)37-22(14)31(13-15-6-8-16(9-7-15)35-24(25,26)27)38(33,34)20-12-28-11-10-18(20)21-29-23(32)36-30-21/h2-12H,13H2,1H3,(H,29,30,32). The van der Waals surface area contributed by atoms with E-state index in [2.05, 4.69) is 24.4 Å². The zero-order valence-corrected chi connectivity index (χ0v) is 21.0. The first-order chi connectivity index (χ1) is 18.0. The van der Waals surface area contributed by atoms with Crippen molar-refractivity contribution in [1.29, 1.82) is 0 Å². The number of fused-ring (bicyclic) bond motifs is 1. The molecule has 0 amide bonds. The number of rotatable bonds is 7. The van der Waals surface area contributed by atoms with E-state index >= 15 is 0 Å². The molecule has 0 aliphatic carbocycles. The van der Waals surface area contributed by atoms with Crippen LogP contribution in [0.5, 0.6) is 5.75 Å². The van der Waals surface area contributed by atoms with Crippen LogP contribution in [0.3, 0.4) is 0 Å². The molecule has 1 N–H and O–H groups in total. The number of benzene rings is 2. The molecule has 3 heterocycles. The Morgan fingerprint density at radius 2 is 1.84 bits per heavy atom. The molecule has 0 saturated heterocycles. The lowest BCUT2D eigenvalue weighted by Crippen LogP contribution is -2.31. The van der Waals surface area contributed by atoms with E-state index in [1.165, 1.54) is 35.7 Å². The first-order valence-electron chi connectivity index (χ1n) is 10.9. The first-order valence-corrected chi connectivity index (χ1v) is 13.1. The van der Waals surface area contributed by atoms with Gasteiger partial charge in [-0.05, 0) is 47.7 Å². The van der Waals surface area contributed by atoms with Crippen molar-refractivity contribution in [2.45, 2.75) is 24.7 Å². The summed E-state index contributed by atoms with van der Waals surface area (Å²) in [5.41, 5.74) is 1.16. The average molecular weight is 563 g/mol. The number of aryl methyl sites for hydroxylation is 1. The van der Waals surface area contributed by atoms with Gasteiger partial charge in [-0.3, -0.25) is 18.8 Å². The molecule has 0 saturated carbocycles. The number of sulfonamides is 1. The quantitative estimate of drug-likeness (QED) is 0.288. The highest BCUT2D eigenvalue weighted by atomic mass is 32.2. The molecule has 196 valence electrons. The van der Waals surface area contributed by atoms with Gasteiger partial charge < -0.3 is 4.74 Å². The maximum atomic E-state index is 14.2. The van der Waals surface area contributed by atoms with Crippen LogP contribution in [0.15, 0.2) is 81.2 Å². The molecule has 0 aliphatic rings. The lowest BCUT2D eigenvalue weighted by molar-refractivity contribution is -0.274. The fraction of sp³-hybridized carbons (Fsp3) is 0.125. The van der Waals surface area contributed by atoms with Crippen LogP contribution in [-0.2, 0) is 16.6 Å². The molecular formula is C24H17F3N4O5S2. The number of nitrogens with zero attached hydrogens (tertiary/aromatic N) is 3. The Labute approximate surface area is 217 Å². The van der Waals surface area contributed by atoms with Gasteiger partial charge in [0.15, 0.2) is 5.82 Å². The van der Waals surface area contributed by atoms with Gasteiger partial charge >= 0.3 is 12.1 Å². The summed E-state index contributed by atoms with van der Waals surface area (Å²) < 4.78 is 76.6. The molecule has 3 aromatic heterocycles. The summed E-state index contributed by atoms with van der Waals surface area (Å²) in [4.78, 5) is 17.6. The summed E-state index contributed by atoms with van der Waals surface area (Å²) in [6.45, 7) is 1.57. The molecule has 0 bridgehead atoms. The van der Waals surface area contributed by atoms with Crippen molar-refractivity contribution in [2.75, 3.05) is 4.31 Å². The van der Waals surface area contributed by atoms with E-state index in [9.17, 15) is 26.4 Å². The molecule has 0 fully saturated rings. The number of pyridine rings is 1. The normalized spacial score (nSPS) is 12.1. The number of thiophene rings is 1. The van der Waals surface area contributed by atoms with E-state index in [1.54, 1.807) is 6.92 Å². The van der Waals surface area contributed by atoms with Gasteiger partial charge in [-0.25, -0.2) is 13.2 Å². The fourth-order valence-corrected chi connectivity index (χ4v) is 6.94. The number of hydrogen-bond acceptors (Lipinski definition) is 8. The van der Waals surface area contributed by atoms with E-state index in [4.69, 9.17) is 0 Å². The van der Waals surface area contributed by atoms with Crippen LogP contribution in [0.25, 0.3) is 21.5 Å². The zero-order valence-electron chi connectivity index (χ0n) is 19.4. The Balaban J connectivity index is 1.63. The highest BCUT2D eigenvalue weighted by Crippen LogP contribution is 2.41. The van der Waals surface area contributed by atoms with Crippen LogP contribution in [0.4, 0.5) is 18.2 Å². The van der Waals surface area contributed by atoms with Crippen molar-refractivity contribution in [2.24, 2.45) is 0 Å². The van der Waals surface area contributed by atoms with Gasteiger partial charge in [0, 0.05) is 22.7 Å². The Bertz CT molecular complexity index is 1780. The summed E-state index contributed by atoms with van der Waals surface area (Å²) >= 11 is 1.25. The van der Waals surface area contributed by atoms with Gasteiger partial charge in [-0.2, -0.15) is 0 Å². The summed E-state index contributed by atoms with van der Waals surface area (Å²) in [6, 6.07) is 13.7. The minimum absolute atomic E-state index is 0.0588. The SMILES string of the molecule is Cc1c(N(Cc2ccc(OC(F)(F)F)cc2)S(=O)(=O)c2cnccc2-c2noc(=O)[nH]2)sc2ccccc12. The molecule has 38 heavy (non-hydrogen) atoms. The molecule has 0 spiro atoms. The van der Waals surface area contributed by atoms with E-state index in [1.807, 2.05) is 24.3 Å². The van der Waals surface area contributed by atoms with Gasteiger partial charge in [-0.15, -0.1) is 24.5 Å². The second kappa shape index (κ2) is 9.61. The summed E-state index contributed by atoms with van der Waals surface area (Å²) in [5.74, 6) is -1.39. The largest absolute Gasteiger partial charge is 0.573 e. The predicted octanol–water partition coefficient (Wildman–Crippen LogP) is 5.24. The number of anilines is 1. The van der Waals surface area contributed by atoms with Crippen molar-refractivity contribution >= 4 is 36.4 Å². The Kier molecular flexibility index (Phi) is 6.44. The molecule has 5 aromatic rings. The van der Waals surface area contributed by atoms with Crippen LogP contribution in [0, 0.1) is 6.92 Å². The van der Waals surface area contributed by atoms with Gasteiger partial charge in [0.25, 0.3) is 10.0 Å². The smallest absolute Gasteiger partial charge is 0.406 e. The maximum absolute atomic E-state index is 14.2. The van der Waals surface area contributed by atoms with Gasteiger partial charge in [0.2, 0.25) is 0 Å². The molecule has 14 heteroatoms. The van der Waals surface area contributed by atoms with Crippen molar-refractivity contribution < 1.29 is 30.8 Å². The minimum Gasteiger partial charge on any atom is -0.406 e. The third kappa shape index (κ3) is 4.99. The topological polar surface area (TPSA) is 118 Å². The lowest BCUT2D eigenvalue weighted by atomic mass is 10.2. The van der Waals surface area contributed by atoms with E-state index in [0.29, 0.717) is 16.1 Å². The Hall–Kier alpha value is -4.17. The average Bonchev–Trinajstić information content (AvgIpc) is 3.46. The van der Waals surface area contributed by atoms with Crippen molar-refractivity contribution in [1.82, 2.24) is 15.1 Å². The van der Waals surface area contributed by atoms with Crippen LogP contribution < -0.4 is 14.8 Å². The molecular weight excluding hydrogens is 545 g/mol. The molecule has 0 unspecified atom stereocenters. The zero-order chi connectivity index (χ0) is 27.1. The molecule has 0 aliphatic heterocycles. The molecule has 9 nitrogen and oxygen atoms in total. The minimum atomic E-state index is -4.86. The summed E-state index contributed by atoms with van der Waals surface area (Å²) in [6.07, 6.45) is -2.38. The van der Waals surface area contributed by atoms with Crippen LogP contribution in [0.1, 0.15) is 11.1 Å². The number of halogens is 3. The third-order valence-corrected chi connectivity index (χ3v) is 8.76. The Morgan fingerprint density at radius 1 is 1.11 bits per heavy atom. The second-order valence-electron chi connectivity index (χ2n) is 8.05. The van der Waals surface area contributed by atoms with Crippen LogP contribution >= 0.6 is 11.3 Å². The predicted molar refractivity (Wildman–Crippen MR) is 133 cm³/mol. The van der Waals surface area contributed by atoms with Gasteiger partial charge in [0.1, 0.15) is 15.6 Å². The molecule has 0 atom stereocenters. The number of nitrogens with one attached hydrogen (secondary N) is 1. The number of hydrogen-bond donors (Lipinski definition) is 1. The molecule has 5 rings (SSSR count). The highest BCUT2D eigenvalue weighted by molar-refractivity contribution is 7.93. The number of alkyl halides is 3. The number of H-pyrrole nitrogens is 1. The fourth-order valence-electron chi connectivity index (χ4n) is 3.87. The summed E-state index contributed by atoms with van der Waals surface area (Å²) in [7, 11) is -4.36. The number of aromatic nitrogens is 3. The van der Waals surface area contributed by atoms with E-state index < -0.39 is 27.9 Å². The molecule has 2 aromatic carbocycles. The first kappa shape index (κ1) is 25.5. The van der Waals surface area contributed by atoms with Crippen molar-refractivity contribution in [3.8, 4) is 17.1 Å². The maximum Gasteiger partial charge on any atom is 0.573 e. The monoisotopic (exact) mass is 562 g/mol. The second-order valence-corrected chi connectivity index (χ2v) is 10.9. The Morgan fingerprint density at radius 3 is 2.50 bits per heavy atom. The van der Waals surface area contributed by atoms with Crippen molar-refractivity contribution in [3.63, 3.8) is 0 Å². The van der Waals surface area contributed by atoms with Gasteiger partial charge in [-0.1, -0.05) is 35.5 Å². The third-order valence-electron chi connectivity index (χ3n) is 5.58. The highest BCUT2D eigenvalue weighted by Gasteiger charge is 2.33. The van der Waals surface area contributed by atoms with E-state index in [0.717, 1.165) is 32.7 Å². The van der Waals surface area contributed by atoms with Crippen LogP contribution in [-0.4, -0.2) is 29.9 Å².